The van der Waals surface area contributed by atoms with Crippen molar-refractivity contribution in [2.45, 2.75) is 0 Å². The van der Waals surface area contributed by atoms with Gasteiger partial charge in [-0.05, 0) is 7.05 Å². The normalized spacial score (nSPS) is 17.2. The van der Waals surface area contributed by atoms with Crippen LogP contribution in [0.4, 0.5) is 5.13 Å². The van der Waals surface area contributed by atoms with Crippen LogP contribution in [-0.2, 0) is 0 Å². The molecule has 1 aromatic rings. The molecule has 0 unspecified atom stereocenters. The number of carbonyl (C=O) groups is 1. The fourth-order valence-electron chi connectivity index (χ4n) is 1.73. The SMILES string of the molecule is CN1CCN(c2nc(C(=O)N(C)C)cs2)CC1. The fraction of sp³-hybridized carbons (Fsp3) is 0.636. The number of rotatable bonds is 2. The van der Waals surface area contributed by atoms with Gasteiger partial charge in [-0.3, -0.25) is 4.79 Å². The van der Waals surface area contributed by atoms with Gasteiger partial charge in [0.2, 0.25) is 0 Å². The van der Waals surface area contributed by atoms with Crippen molar-refractivity contribution in [1.82, 2.24) is 14.8 Å². The van der Waals surface area contributed by atoms with E-state index in [4.69, 9.17) is 0 Å². The first-order chi connectivity index (χ1) is 8.08. The molecule has 0 bridgehead atoms. The summed E-state index contributed by atoms with van der Waals surface area (Å²) in [6.07, 6.45) is 0. The lowest BCUT2D eigenvalue weighted by molar-refractivity contribution is 0.0823. The van der Waals surface area contributed by atoms with E-state index in [1.54, 1.807) is 30.3 Å². The zero-order chi connectivity index (χ0) is 12.4. The van der Waals surface area contributed by atoms with Gasteiger partial charge < -0.3 is 14.7 Å². The summed E-state index contributed by atoms with van der Waals surface area (Å²) < 4.78 is 0. The summed E-state index contributed by atoms with van der Waals surface area (Å²) in [5.74, 6) is -0.0263. The van der Waals surface area contributed by atoms with Gasteiger partial charge in [0.25, 0.3) is 5.91 Å². The van der Waals surface area contributed by atoms with Gasteiger partial charge in [-0.15, -0.1) is 11.3 Å². The number of carbonyl (C=O) groups excluding carboxylic acids is 1. The minimum absolute atomic E-state index is 0.0263. The van der Waals surface area contributed by atoms with Crippen LogP contribution in [0.2, 0.25) is 0 Å². The lowest BCUT2D eigenvalue weighted by Gasteiger charge is -2.32. The summed E-state index contributed by atoms with van der Waals surface area (Å²) in [6, 6.07) is 0. The van der Waals surface area contributed by atoms with Gasteiger partial charge >= 0.3 is 0 Å². The lowest BCUT2D eigenvalue weighted by Crippen LogP contribution is -2.44. The van der Waals surface area contributed by atoms with Crippen molar-refractivity contribution in [2.24, 2.45) is 0 Å². The van der Waals surface area contributed by atoms with Gasteiger partial charge in [0, 0.05) is 45.7 Å². The Morgan fingerprint density at radius 2 is 2.00 bits per heavy atom. The van der Waals surface area contributed by atoms with Crippen molar-refractivity contribution >= 4 is 22.4 Å². The summed E-state index contributed by atoms with van der Waals surface area (Å²) in [5, 5.41) is 2.80. The molecule has 1 aromatic heterocycles. The molecule has 1 aliphatic heterocycles. The van der Waals surface area contributed by atoms with E-state index in [-0.39, 0.29) is 5.91 Å². The second-order valence-electron chi connectivity index (χ2n) is 4.51. The highest BCUT2D eigenvalue weighted by Crippen LogP contribution is 2.22. The van der Waals surface area contributed by atoms with Crippen LogP contribution < -0.4 is 4.90 Å². The van der Waals surface area contributed by atoms with Gasteiger partial charge in [0.05, 0.1) is 0 Å². The Morgan fingerprint density at radius 3 is 2.59 bits per heavy atom. The van der Waals surface area contributed by atoms with Crippen LogP contribution in [0.3, 0.4) is 0 Å². The number of hydrogen-bond donors (Lipinski definition) is 0. The van der Waals surface area contributed by atoms with E-state index in [1.165, 1.54) is 0 Å². The third-order valence-corrected chi connectivity index (χ3v) is 3.79. The molecule has 94 valence electrons. The summed E-state index contributed by atoms with van der Waals surface area (Å²) in [6.45, 7) is 4.08. The number of piperazine rings is 1. The van der Waals surface area contributed by atoms with Crippen LogP contribution in [0, 0.1) is 0 Å². The third kappa shape index (κ3) is 2.76. The van der Waals surface area contributed by atoms with Crippen LogP contribution in [0.25, 0.3) is 0 Å². The van der Waals surface area contributed by atoms with E-state index in [9.17, 15) is 4.79 Å². The maximum atomic E-state index is 11.7. The van der Waals surface area contributed by atoms with E-state index >= 15 is 0 Å². The van der Waals surface area contributed by atoms with Gasteiger partial charge in [-0.2, -0.15) is 0 Å². The van der Waals surface area contributed by atoms with Crippen molar-refractivity contribution in [2.75, 3.05) is 52.2 Å². The molecule has 0 saturated carbocycles. The maximum absolute atomic E-state index is 11.7. The smallest absolute Gasteiger partial charge is 0.272 e. The molecule has 0 radical (unpaired) electrons. The molecule has 0 aromatic carbocycles. The van der Waals surface area contributed by atoms with E-state index in [2.05, 4.69) is 21.8 Å². The quantitative estimate of drug-likeness (QED) is 0.775. The zero-order valence-corrected chi connectivity index (χ0v) is 11.3. The summed E-state index contributed by atoms with van der Waals surface area (Å²) in [4.78, 5) is 22.3. The van der Waals surface area contributed by atoms with Gasteiger partial charge in [-0.1, -0.05) is 0 Å². The molecule has 6 heteroatoms. The Balaban J connectivity index is 2.05. The highest BCUT2D eigenvalue weighted by molar-refractivity contribution is 7.13. The zero-order valence-electron chi connectivity index (χ0n) is 10.5. The molecular weight excluding hydrogens is 236 g/mol. The molecule has 0 aliphatic carbocycles. The van der Waals surface area contributed by atoms with Gasteiger partial charge in [0.1, 0.15) is 5.69 Å². The van der Waals surface area contributed by atoms with Crippen molar-refractivity contribution < 1.29 is 4.79 Å². The molecule has 2 heterocycles. The summed E-state index contributed by atoms with van der Waals surface area (Å²) in [5.41, 5.74) is 0.550. The van der Waals surface area contributed by atoms with Crippen LogP contribution in [0.15, 0.2) is 5.38 Å². The third-order valence-electron chi connectivity index (χ3n) is 2.89. The minimum atomic E-state index is -0.0263. The predicted molar refractivity (Wildman–Crippen MR) is 69.8 cm³/mol. The molecule has 5 nitrogen and oxygen atoms in total. The molecule has 1 amide bonds. The Kier molecular flexibility index (Phi) is 3.63. The fourth-order valence-corrected chi connectivity index (χ4v) is 2.59. The van der Waals surface area contributed by atoms with Gasteiger partial charge in [-0.25, -0.2) is 4.98 Å². The largest absolute Gasteiger partial charge is 0.346 e. The Hall–Kier alpha value is -1.14. The topological polar surface area (TPSA) is 39.7 Å². The van der Waals surface area contributed by atoms with E-state index in [0.29, 0.717) is 5.69 Å². The van der Waals surface area contributed by atoms with Crippen LogP contribution in [0.5, 0.6) is 0 Å². The molecule has 2 rings (SSSR count). The number of anilines is 1. The van der Waals surface area contributed by atoms with E-state index in [1.807, 2.05) is 5.38 Å². The molecule has 0 atom stereocenters. The molecule has 1 fully saturated rings. The molecular formula is C11H18N4OS. The number of likely N-dealkylation sites (N-methyl/N-ethyl adjacent to an activating group) is 1. The second-order valence-corrected chi connectivity index (χ2v) is 5.34. The van der Waals surface area contributed by atoms with Crippen LogP contribution in [-0.4, -0.2) is 68.0 Å². The van der Waals surface area contributed by atoms with Crippen LogP contribution in [0.1, 0.15) is 10.5 Å². The average molecular weight is 254 g/mol. The molecule has 0 spiro atoms. The maximum Gasteiger partial charge on any atom is 0.272 e. The first kappa shape index (κ1) is 12.3. The van der Waals surface area contributed by atoms with Crippen LogP contribution >= 0.6 is 11.3 Å². The number of hydrogen-bond acceptors (Lipinski definition) is 5. The Labute approximate surface area is 106 Å². The first-order valence-electron chi connectivity index (χ1n) is 5.68. The molecule has 0 N–H and O–H groups in total. The summed E-state index contributed by atoms with van der Waals surface area (Å²) in [7, 11) is 5.62. The number of thiazole rings is 1. The number of amides is 1. The Bertz CT molecular complexity index is 396. The van der Waals surface area contributed by atoms with E-state index in [0.717, 1.165) is 31.3 Å². The van der Waals surface area contributed by atoms with Crippen molar-refractivity contribution in [3.05, 3.63) is 11.1 Å². The molecule has 1 saturated heterocycles. The predicted octanol–water partition coefficient (Wildman–Crippen LogP) is 0.597. The van der Waals surface area contributed by atoms with E-state index < -0.39 is 0 Å². The number of aromatic nitrogens is 1. The van der Waals surface area contributed by atoms with Crippen molar-refractivity contribution in [3.63, 3.8) is 0 Å². The Morgan fingerprint density at radius 1 is 1.35 bits per heavy atom. The average Bonchev–Trinajstić information content (AvgIpc) is 2.78. The standard InChI is InChI=1S/C11H18N4OS/c1-13(2)10(16)9-8-17-11(12-9)15-6-4-14(3)5-7-15/h8H,4-7H2,1-3H3. The second kappa shape index (κ2) is 5.01. The minimum Gasteiger partial charge on any atom is -0.346 e. The molecule has 17 heavy (non-hydrogen) atoms. The van der Waals surface area contributed by atoms with Crippen molar-refractivity contribution in [3.8, 4) is 0 Å². The summed E-state index contributed by atoms with van der Waals surface area (Å²) >= 11 is 1.55. The molecule has 1 aliphatic rings. The van der Waals surface area contributed by atoms with Crippen molar-refractivity contribution in [1.29, 1.82) is 0 Å². The number of nitrogens with zero attached hydrogens (tertiary/aromatic N) is 4. The highest BCUT2D eigenvalue weighted by atomic mass is 32.1. The monoisotopic (exact) mass is 254 g/mol. The first-order valence-corrected chi connectivity index (χ1v) is 6.56. The van der Waals surface area contributed by atoms with Gasteiger partial charge in [0.15, 0.2) is 5.13 Å². The lowest BCUT2D eigenvalue weighted by atomic mass is 10.3. The highest BCUT2D eigenvalue weighted by Gasteiger charge is 2.19.